The molecule has 1 aromatic carbocycles. The van der Waals surface area contributed by atoms with Crippen molar-refractivity contribution in [2.24, 2.45) is 11.8 Å². The van der Waals surface area contributed by atoms with Crippen LogP contribution in [0.15, 0.2) is 24.3 Å². The zero-order valence-electron chi connectivity index (χ0n) is 12.0. The standard InChI is InChI=1S/C16H27N/c1-12(2)10-17-11-16(13(3)4)15-8-6-7-14(5)9-15/h6-9,12-13,16-17H,10-11H2,1-5H3. The summed E-state index contributed by atoms with van der Waals surface area (Å²) in [6.07, 6.45) is 0. The second-order valence-corrected chi connectivity index (χ2v) is 5.82. The van der Waals surface area contributed by atoms with Crippen molar-refractivity contribution in [3.8, 4) is 0 Å². The number of nitrogens with one attached hydrogen (secondary N) is 1. The molecule has 0 radical (unpaired) electrons. The van der Waals surface area contributed by atoms with E-state index < -0.39 is 0 Å². The molecule has 1 unspecified atom stereocenters. The lowest BCUT2D eigenvalue weighted by Crippen LogP contribution is -2.27. The first-order chi connectivity index (χ1) is 8.00. The summed E-state index contributed by atoms with van der Waals surface area (Å²) in [5.74, 6) is 2.02. The molecule has 0 saturated carbocycles. The molecule has 0 aromatic heterocycles. The van der Waals surface area contributed by atoms with E-state index in [4.69, 9.17) is 0 Å². The molecule has 17 heavy (non-hydrogen) atoms. The van der Waals surface area contributed by atoms with Crippen molar-refractivity contribution in [2.45, 2.75) is 40.5 Å². The number of hydrogen-bond acceptors (Lipinski definition) is 1. The molecule has 0 spiro atoms. The fraction of sp³-hybridized carbons (Fsp3) is 0.625. The summed E-state index contributed by atoms with van der Waals surface area (Å²) in [7, 11) is 0. The first kappa shape index (κ1) is 14.2. The van der Waals surface area contributed by atoms with Crippen LogP contribution < -0.4 is 5.32 Å². The van der Waals surface area contributed by atoms with Gasteiger partial charge in [-0.3, -0.25) is 0 Å². The fourth-order valence-electron chi connectivity index (χ4n) is 2.17. The van der Waals surface area contributed by atoms with Crippen LogP contribution in [0, 0.1) is 18.8 Å². The van der Waals surface area contributed by atoms with Crippen LogP contribution in [0.25, 0.3) is 0 Å². The lowest BCUT2D eigenvalue weighted by Gasteiger charge is -2.23. The monoisotopic (exact) mass is 233 g/mol. The van der Waals surface area contributed by atoms with E-state index in [0.717, 1.165) is 19.0 Å². The Morgan fingerprint density at radius 1 is 1.06 bits per heavy atom. The first-order valence-corrected chi connectivity index (χ1v) is 6.78. The topological polar surface area (TPSA) is 12.0 Å². The minimum absolute atomic E-state index is 0.619. The molecule has 0 aliphatic carbocycles. The highest BCUT2D eigenvalue weighted by Crippen LogP contribution is 2.24. The third-order valence-electron chi connectivity index (χ3n) is 3.19. The average Bonchev–Trinajstić information content (AvgIpc) is 2.23. The van der Waals surface area contributed by atoms with Crippen LogP contribution in [0.5, 0.6) is 0 Å². The highest BCUT2D eigenvalue weighted by atomic mass is 14.9. The van der Waals surface area contributed by atoms with E-state index in [1.54, 1.807) is 0 Å². The first-order valence-electron chi connectivity index (χ1n) is 6.78. The number of aryl methyl sites for hydroxylation is 1. The Hall–Kier alpha value is -0.820. The summed E-state index contributed by atoms with van der Waals surface area (Å²) < 4.78 is 0. The molecule has 0 amide bonds. The molecule has 1 nitrogen and oxygen atoms in total. The molecule has 1 aromatic rings. The van der Waals surface area contributed by atoms with Crippen molar-refractivity contribution in [1.82, 2.24) is 5.32 Å². The third kappa shape index (κ3) is 4.91. The summed E-state index contributed by atoms with van der Waals surface area (Å²) in [6.45, 7) is 13.5. The molecule has 0 bridgehead atoms. The van der Waals surface area contributed by atoms with Crippen molar-refractivity contribution in [3.63, 3.8) is 0 Å². The second kappa shape index (κ2) is 6.80. The molecule has 1 rings (SSSR count). The molecule has 1 atom stereocenters. The molecule has 0 fully saturated rings. The zero-order chi connectivity index (χ0) is 12.8. The van der Waals surface area contributed by atoms with Crippen molar-refractivity contribution in [3.05, 3.63) is 35.4 Å². The molecule has 0 saturated heterocycles. The summed E-state index contributed by atoms with van der Waals surface area (Å²) in [5.41, 5.74) is 2.83. The summed E-state index contributed by atoms with van der Waals surface area (Å²) in [4.78, 5) is 0. The van der Waals surface area contributed by atoms with Gasteiger partial charge in [-0.05, 0) is 36.8 Å². The molecule has 1 heteroatoms. The number of rotatable bonds is 6. The van der Waals surface area contributed by atoms with Gasteiger partial charge in [-0.2, -0.15) is 0 Å². The van der Waals surface area contributed by atoms with Gasteiger partial charge in [0.1, 0.15) is 0 Å². The predicted octanol–water partition coefficient (Wildman–Crippen LogP) is 3.98. The quantitative estimate of drug-likeness (QED) is 0.783. The van der Waals surface area contributed by atoms with E-state index in [0.29, 0.717) is 11.8 Å². The van der Waals surface area contributed by atoms with Crippen LogP contribution >= 0.6 is 0 Å². The lowest BCUT2D eigenvalue weighted by atomic mass is 9.87. The van der Waals surface area contributed by atoms with Gasteiger partial charge in [0.2, 0.25) is 0 Å². The van der Waals surface area contributed by atoms with Crippen LogP contribution in [0.2, 0.25) is 0 Å². The Morgan fingerprint density at radius 3 is 2.29 bits per heavy atom. The van der Waals surface area contributed by atoms with Gasteiger partial charge in [0.25, 0.3) is 0 Å². The maximum absolute atomic E-state index is 3.58. The van der Waals surface area contributed by atoms with Crippen molar-refractivity contribution < 1.29 is 0 Å². The van der Waals surface area contributed by atoms with Gasteiger partial charge >= 0.3 is 0 Å². The van der Waals surface area contributed by atoms with Crippen molar-refractivity contribution in [1.29, 1.82) is 0 Å². The van der Waals surface area contributed by atoms with E-state index in [9.17, 15) is 0 Å². The zero-order valence-corrected chi connectivity index (χ0v) is 12.0. The van der Waals surface area contributed by atoms with Gasteiger partial charge in [0, 0.05) is 6.54 Å². The van der Waals surface area contributed by atoms with Gasteiger partial charge in [-0.25, -0.2) is 0 Å². The summed E-state index contributed by atoms with van der Waals surface area (Å²) in [6, 6.07) is 8.92. The van der Waals surface area contributed by atoms with Crippen LogP contribution in [0.4, 0.5) is 0 Å². The molecule has 0 aliphatic heterocycles. The predicted molar refractivity (Wildman–Crippen MR) is 76.5 cm³/mol. The maximum Gasteiger partial charge on any atom is 0.00227 e. The summed E-state index contributed by atoms with van der Waals surface area (Å²) >= 11 is 0. The minimum Gasteiger partial charge on any atom is -0.316 e. The smallest absolute Gasteiger partial charge is 0.00227 e. The van der Waals surface area contributed by atoms with E-state index in [-0.39, 0.29) is 0 Å². The van der Waals surface area contributed by atoms with Crippen LogP contribution in [0.1, 0.15) is 44.7 Å². The van der Waals surface area contributed by atoms with E-state index in [2.05, 4.69) is 64.2 Å². The number of hydrogen-bond donors (Lipinski definition) is 1. The van der Waals surface area contributed by atoms with Gasteiger partial charge in [-0.15, -0.1) is 0 Å². The Labute approximate surface area is 107 Å². The Balaban J connectivity index is 2.66. The fourth-order valence-corrected chi connectivity index (χ4v) is 2.17. The van der Waals surface area contributed by atoms with Crippen molar-refractivity contribution >= 4 is 0 Å². The van der Waals surface area contributed by atoms with Crippen LogP contribution in [0.3, 0.4) is 0 Å². The van der Waals surface area contributed by atoms with Gasteiger partial charge in [0.05, 0.1) is 0 Å². The normalized spacial score (nSPS) is 13.4. The van der Waals surface area contributed by atoms with Gasteiger partial charge < -0.3 is 5.32 Å². The molecular weight excluding hydrogens is 206 g/mol. The molecule has 0 aliphatic rings. The van der Waals surface area contributed by atoms with Crippen molar-refractivity contribution in [2.75, 3.05) is 13.1 Å². The average molecular weight is 233 g/mol. The Morgan fingerprint density at radius 2 is 1.76 bits per heavy atom. The van der Waals surface area contributed by atoms with Gasteiger partial charge in [-0.1, -0.05) is 57.5 Å². The highest BCUT2D eigenvalue weighted by molar-refractivity contribution is 5.26. The maximum atomic E-state index is 3.58. The largest absolute Gasteiger partial charge is 0.316 e. The Bertz CT molecular complexity index is 328. The molecule has 1 N–H and O–H groups in total. The molecule has 0 heterocycles. The molecular formula is C16H27N. The van der Waals surface area contributed by atoms with E-state index in [1.807, 2.05) is 0 Å². The number of benzene rings is 1. The van der Waals surface area contributed by atoms with E-state index >= 15 is 0 Å². The Kier molecular flexibility index (Phi) is 5.70. The van der Waals surface area contributed by atoms with Crippen LogP contribution in [-0.2, 0) is 0 Å². The lowest BCUT2D eigenvalue weighted by molar-refractivity contribution is 0.442. The van der Waals surface area contributed by atoms with Gasteiger partial charge in [0.15, 0.2) is 0 Å². The summed E-state index contributed by atoms with van der Waals surface area (Å²) in [5, 5.41) is 3.58. The third-order valence-corrected chi connectivity index (χ3v) is 3.19. The van der Waals surface area contributed by atoms with E-state index in [1.165, 1.54) is 11.1 Å². The van der Waals surface area contributed by atoms with Crippen LogP contribution in [-0.4, -0.2) is 13.1 Å². The molecule has 96 valence electrons. The minimum atomic E-state index is 0.619. The highest BCUT2D eigenvalue weighted by Gasteiger charge is 2.15. The SMILES string of the molecule is Cc1cccc(C(CNCC(C)C)C(C)C)c1. The second-order valence-electron chi connectivity index (χ2n) is 5.82.